The second-order valence-electron chi connectivity index (χ2n) is 5.23. The number of hydrogen-bond acceptors (Lipinski definition) is 3. The number of imide groups is 1. The molecule has 2 N–H and O–H groups in total. The van der Waals surface area contributed by atoms with E-state index in [-0.39, 0.29) is 11.9 Å². The number of rotatable bonds is 2. The van der Waals surface area contributed by atoms with Crippen LogP contribution in [0.1, 0.15) is 46.0 Å². The average Bonchev–Trinajstić information content (AvgIpc) is 2.51. The standard InChI is InChI=1S/C12H20N2O3/c1-8(9(2)15)14-10(16)12(13-11(14)17)6-4-3-5-7-12/h8-9,15H,3-7H2,1-2H3,(H,13,17). The number of nitrogens with zero attached hydrogens (tertiary/aromatic N) is 1. The summed E-state index contributed by atoms with van der Waals surface area (Å²) < 4.78 is 0. The zero-order valence-corrected chi connectivity index (χ0v) is 10.4. The lowest BCUT2D eigenvalue weighted by atomic mass is 9.81. The minimum absolute atomic E-state index is 0.157. The second kappa shape index (κ2) is 4.29. The van der Waals surface area contributed by atoms with E-state index in [4.69, 9.17) is 0 Å². The molecule has 1 aliphatic carbocycles. The normalized spacial score (nSPS) is 27.1. The van der Waals surface area contributed by atoms with E-state index in [1.807, 2.05) is 0 Å². The van der Waals surface area contributed by atoms with Crippen molar-refractivity contribution in [3.63, 3.8) is 0 Å². The maximum absolute atomic E-state index is 12.4. The first-order chi connectivity index (χ1) is 7.98. The third kappa shape index (κ3) is 1.92. The maximum atomic E-state index is 12.4. The van der Waals surface area contributed by atoms with Gasteiger partial charge in [0.1, 0.15) is 5.54 Å². The number of aliphatic hydroxyl groups excluding tert-OH is 1. The highest BCUT2D eigenvalue weighted by atomic mass is 16.3. The van der Waals surface area contributed by atoms with Gasteiger partial charge in [-0.2, -0.15) is 0 Å². The molecule has 0 bridgehead atoms. The largest absolute Gasteiger partial charge is 0.391 e. The third-order valence-corrected chi connectivity index (χ3v) is 4.01. The summed E-state index contributed by atoms with van der Waals surface area (Å²) in [7, 11) is 0. The summed E-state index contributed by atoms with van der Waals surface area (Å²) in [6.07, 6.45) is 3.81. The van der Waals surface area contributed by atoms with E-state index in [0.29, 0.717) is 0 Å². The molecule has 3 amide bonds. The molecule has 0 radical (unpaired) electrons. The molecule has 0 aromatic carbocycles. The lowest BCUT2D eigenvalue weighted by Crippen LogP contribution is -2.50. The number of carbonyl (C=O) groups excluding carboxylic acids is 2. The van der Waals surface area contributed by atoms with Crippen molar-refractivity contribution in [3.8, 4) is 0 Å². The van der Waals surface area contributed by atoms with Crippen molar-refractivity contribution in [2.45, 2.75) is 63.6 Å². The number of urea groups is 1. The smallest absolute Gasteiger partial charge is 0.325 e. The van der Waals surface area contributed by atoms with E-state index in [2.05, 4.69) is 5.32 Å². The first-order valence-corrected chi connectivity index (χ1v) is 6.32. The van der Waals surface area contributed by atoms with Crippen LogP contribution in [-0.2, 0) is 4.79 Å². The second-order valence-corrected chi connectivity index (χ2v) is 5.23. The van der Waals surface area contributed by atoms with Gasteiger partial charge in [0.2, 0.25) is 0 Å². The van der Waals surface area contributed by atoms with Crippen LogP contribution < -0.4 is 5.32 Å². The van der Waals surface area contributed by atoms with Crippen molar-refractivity contribution in [2.24, 2.45) is 0 Å². The molecule has 2 aliphatic rings. The lowest BCUT2D eigenvalue weighted by Gasteiger charge is -2.31. The Morgan fingerprint density at radius 3 is 2.35 bits per heavy atom. The van der Waals surface area contributed by atoms with Crippen molar-refractivity contribution >= 4 is 11.9 Å². The highest BCUT2D eigenvalue weighted by Gasteiger charge is 2.52. The molecule has 5 heteroatoms. The summed E-state index contributed by atoms with van der Waals surface area (Å²) in [5.41, 5.74) is -0.682. The molecule has 5 nitrogen and oxygen atoms in total. The SMILES string of the molecule is CC(O)C(C)N1C(=O)NC2(CCCCC2)C1=O. The van der Waals surface area contributed by atoms with Crippen molar-refractivity contribution in [1.29, 1.82) is 0 Å². The van der Waals surface area contributed by atoms with Gasteiger partial charge in [-0.05, 0) is 26.7 Å². The van der Waals surface area contributed by atoms with E-state index in [9.17, 15) is 14.7 Å². The molecule has 1 aliphatic heterocycles. The van der Waals surface area contributed by atoms with Gasteiger partial charge in [-0.15, -0.1) is 0 Å². The summed E-state index contributed by atoms with van der Waals surface area (Å²) in [6, 6.07) is -0.825. The molecular weight excluding hydrogens is 220 g/mol. The Kier molecular flexibility index (Phi) is 3.12. The van der Waals surface area contributed by atoms with Crippen LogP contribution in [0.15, 0.2) is 0 Å². The molecule has 1 spiro atoms. The van der Waals surface area contributed by atoms with Crippen LogP contribution >= 0.6 is 0 Å². The minimum atomic E-state index is -0.705. The molecule has 0 aromatic rings. The fourth-order valence-corrected chi connectivity index (χ4v) is 2.72. The molecule has 1 heterocycles. The lowest BCUT2D eigenvalue weighted by molar-refractivity contribution is -0.135. The van der Waals surface area contributed by atoms with Crippen molar-refractivity contribution < 1.29 is 14.7 Å². The van der Waals surface area contributed by atoms with Crippen LogP contribution in [0.5, 0.6) is 0 Å². The van der Waals surface area contributed by atoms with Gasteiger partial charge >= 0.3 is 6.03 Å². The molecule has 96 valence electrons. The number of amides is 3. The topological polar surface area (TPSA) is 69.6 Å². The summed E-state index contributed by atoms with van der Waals surface area (Å²) in [5, 5.41) is 12.4. The Morgan fingerprint density at radius 1 is 1.24 bits per heavy atom. The van der Waals surface area contributed by atoms with Gasteiger partial charge in [0, 0.05) is 0 Å². The van der Waals surface area contributed by atoms with Gasteiger partial charge < -0.3 is 10.4 Å². The van der Waals surface area contributed by atoms with E-state index in [0.717, 1.165) is 32.1 Å². The van der Waals surface area contributed by atoms with Crippen molar-refractivity contribution in [2.75, 3.05) is 0 Å². The Morgan fingerprint density at radius 2 is 1.82 bits per heavy atom. The predicted octanol–water partition coefficient (Wildman–Crippen LogP) is 1.01. The zero-order valence-electron chi connectivity index (χ0n) is 10.4. The van der Waals surface area contributed by atoms with Gasteiger partial charge in [0.15, 0.2) is 0 Å². The number of hydrogen-bond donors (Lipinski definition) is 2. The van der Waals surface area contributed by atoms with Gasteiger partial charge in [0.05, 0.1) is 12.1 Å². The molecule has 2 fully saturated rings. The zero-order chi connectivity index (χ0) is 12.6. The first-order valence-electron chi connectivity index (χ1n) is 6.32. The molecular formula is C12H20N2O3. The molecule has 1 saturated carbocycles. The van der Waals surface area contributed by atoms with Gasteiger partial charge in [-0.1, -0.05) is 19.3 Å². The molecule has 1 saturated heterocycles. The van der Waals surface area contributed by atoms with Gasteiger partial charge in [-0.25, -0.2) is 4.79 Å². The molecule has 2 atom stereocenters. The number of carbonyl (C=O) groups is 2. The molecule has 2 unspecified atom stereocenters. The molecule has 2 rings (SSSR count). The third-order valence-electron chi connectivity index (χ3n) is 4.01. The van der Waals surface area contributed by atoms with Crippen molar-refractivity contribution in [1.82, 2.24) is 10.2 Å². The average molecular weight is 240 g/mol. The Balaban J connectivity index is 2.21. The number of nitrogens with one attached hydrogen (secondary N) is 1. The summed E-state index contributed by atoms with van der Waals surface area (Å²) in [6.45, 7) is 3.29. The van der Waals surface area contributed by atoms with Crippen LogP contribution in [0.2, 0.25) is 0 Å². The predicted molar refractivity (Wildman–Crippen MR) is 62.3 cm³/mol. The highest BCUT2D eigenvalue weighted by Crippen LogP contribution is 2.34. The van der Waals surface area contributed by atoms with Crippen molar-refractivity contribution in [3.05, 3.63) is 0 Å². The fourth-order valence-electron chi connectivity index (χ4n) is 2.72. The first kappa shape index (κ1) is 12.4. The molecule has 0 aromatic heterocycles. The Labute approximate surface area is 101 Å². The van der Waals surface area contributed by atoms with E-state index in [1.165, 1.54) is 4.90 Å². The summed E-state index contributed by atoms with van der Waals surface area (Å²) >= 11 is 0. The quantitative estimate of drug-likeness (QED) is 0.708. The van der Waals surface area contributed by atoms with Crippen LogP contribution in [0.25, 0.3) is 0 Å². The van der Waals surface area contributed by atoms with Crippen LogP contribution in [0.3, 0.4) is 0 Å². The highest BCUT2D eigenvalue weighted by molar-refractivity contribution is 6.07. The Bertz CT molecular complexity index is 335. The fraction of sp³-hybridized carbons (Fsp3) is 0.833. The van der Waals surface area contributed by atoms with E-state index >= 15 is 0 Å². The van der Waals surface area contributed by atoms with E-state index in [1.54, 1.807) is 13.8 Å². The van der Waals surface area contributed by atoms with Gasteiger partial charge in [-0.3, -0.25) is 9.69 Å². The molecule has 17 heavy (non-hydrogen) atoms. The van der Waals surface area contributed by atoms with E-state index < -0.39 is 17.7 Å². The van der Waals surface area contributed by atoms with Crippen LogP contribution in [0.4, 0.5) is 4.79 Å². The number of aliphatic hydroxyl groups is 1. The van der Waals surface area contributed by atoms with Gasteiger partial charge in [0.25, 0.3) is 5.91 Å². The summed E-state index contributed by atoms with van der Waals surface area (Å²) in [5.74, 6) is -0.157. The van der Waals surface area contributed by atoms with Crippen LogP contribution in [0, 0.1) is 0 Å². The monoisotopic (exact) mass is 240 g/mol. The minimum Gasteiger partial charge on any atom is -0.391 e. The Hall–Kier alpha value is -1.10. The van der Waals surface area contributed by atoms with Crippen LogP contribution in [-0.4, -0.2) is 39.6 Å². The maximum Gasteiger partial charge on any atom is 0.325 e. The summed E-state index contributed by atoms with van der Waals surface area (Å²) in [4.78, 5) is 25.4.